The second kappa shape index (κ2) is 7.83. The minimum Gasteiger partial charge on any atom is -0.481 e. The van der Waals surface area contributed by atoms with Crippen molar-refractivity contribution in [2.45, 2.75) is 25.6 Å². The van der Waals surface area contributed by atoms with Crippen molar-refractivity contribution in [3.05, 3.63) is 36.0 Å². The predicted octanol–water partition coefficient (Wildman–Crippen LogP) is 2.41. The van der Waals surface area contributed by atoms with E-state index in [4.69, 9.17) is 5.11 Å². The number of carbonyl (C=O) groups is 2. The van der Waals surface area contributed by atoms with Crippen LogP contribution < -0.4 is 5.32 Å². The number of alkyl halides is 3. The van der Waals surface area contributed by atoms with Crippen LogP contribution in [0.3, 0.4) is 0 Å². The van der Waals surface area contributed by atoms with Crippen LogP contribution in [0.25, 0.3) is 10.9 Å². The molecule has 1 fully saturated rings. The number of amides is 1. The summed E-state index contributed by atoms with van der Waals surface area (Å²) in [5.41, 5.74) is 2.03. The van der Waals surface area contributed by atoms with Crippen molar-refractivity contribution in [1.29, 1.82) is 0 Å². The fourth-order valence-corrected chi connectivity index (χ4v) is 3.70. The number of likely N-dealkylation sites (tertiary alicyclic amines) is 1. The number of aromatic amines is 1. The minimum atomic E-state index is -4.61. The van der Waals surface area contributed by atoms with Gasteiger partial charge < -0.3 is 15.4 Å². The number of fused-ring (bicyclic) bond motifs is 1. The first-order chi connectivity index (χ1) is 13.2. The Hall–Kier alpha value is -2.55. The van der Waals surface area contributed by atoms with Crippen LogP contribution in [0.2, 0.25) is 0 Å². The Bertz CT molecular complexity index is 865. The number of hydrogen-bond acceptors (Lipinski definition) is 3. The fourth-order valence-electron chi connectivity index (χ4n) is 3.70. The van der Waals surface area contributed by atoms with E-state index >= 15 is 0 Å². The molecule has 1 aliphatic heterocycles. The molecule has 0 bridgehead atoms. The molecule has 6 nitrogen and oxygen atoms in total. The normalized spacial score (nSPS) is 21.7. The summed E-state index contributed by atoms with van der Waals surface area (Å²) in [5, 5.41) is 12.9. The second-order valence-electron chi connectivity index (χ2n) is 7.12. The first-order valence-corrected chi connectivity index (χ1v) is 9.04. The minimum absolute atomic E-state index is 0.295. The van der Waals surface area contributed by atoms with Gasteiger partial charge in [-0.3, -0.25) is 14.5 Å². The van der Waals surface area contributed by atoms with Crippen LogP contribution >= 0.6 is 0 Å². The van der Waals surface area contributed by atoms with E-state index < -0.39 is 42.5 Å². The zero-order chi connectivity index (χ0) is 20.5. The van der Waals surface area contributed by atoms with E-state index in [1.165, 1.54) is 11.8 Å². The number of carboxylic acids is 1. The smallest absolute Gasteiger partial charge is 0.393 e. The molecule has 3 atom stereocenters. The van der Waals surface area contributed by atoms with Crippen LogP contribution in [0.1, 0.15) is 12.5 Å². The van der Waals surface area contributed by atoms with Crippen molar-refractivity contribution in [2.75, 3.05) is 19.6 Å². The quantitative estimate of drug-likeness (QED) is 0.699. The number of carbonyl (C=O) groups excluding carboxylic acids is 1. The highest BCUT2D eigenvalue weighted by molar-refractivity contribution is 5.84. The molecule has 28 heavy (non-hydrogen) atoms. The van der Waals surface area contributed by atoms with E-state index in [2.05, 4.69) is 10.3 Å². The molecular formula is C19H22F3N3O3. The molecule has 3 N–H and O–H groups in total. The molecule has 2 aromatic rings. The van der Waals surface area contributed by atoms with Gasteiger partial charge >= 0.3 is 12.1 Å². The Morgan fingerprint density at radius 2 is 2.04 bits per heavy atom. The molecule has 0 saturated carbocycles. The van der Waals surface area contributed by atoms with Crippen molar-refractivity contribution >= 4 is 22.8 Å². The number of benzene rings is 1. The molecule has 1 aromatic heterocycles. The van der Waals surface area contributed by atoms with Crippen LogP contribution in [-0.2, 0) is 16.0 Å². The summed E-state index contributed by atoms with van der Waals surface area (Å²) < 4.78 is 39.3. The molecule has 152 valence electrons. The van der Waals surface area contributed by atoms with E-state index in [0.717, 1.165) is 16.5 Å². The first kappa shape index (κ1) is 20.2. The van der Waals surface area contributed by atoms with Gasteiger partial charge in [0.1, 0.15) is 0 Å². The van der Waals surface area contributed by atoms with Gasteiger partial charge in [0, 0.05) is 36.7 Å². The Kier molecular flexibility index (Phi) is 5.64. The Labute approximate surface area is 159 Å². The molecule has 1 saturated heterocycles. The number of rotatable bonds is 6. The number of halogens is 3. The number of aromatic nitrogens is 1. The van der Waals surface area contributed by atoms with Crippen molar-refractivity contribution in [1.82, 2.24) is 15.2 Å². The number of para-hydroxylation sites is 1. The highest BCUT2D eigenvalue weighted by Gasteiger charge is 2.53. The van der Waals surface area contributed by atoms with Crippen LogP contribution in [0.4, 0.5) is 13.2 Å². The summed E-state index contributed by atoms with van der Waals surface area (Å²) in [5.74, 6) is -5.42. The SMILES string of the molecule is CC(C(=O)NCCc1c[nH]c2ccccc12)N1C[C@@H](C(F)(F)F)[C@H](C(=O)O)C1. The van der Waals surface area contributed by atoms with Gasteiger partial charge in [-0.2, -0.15) is 13.2 Å². The molecule has 1 aromatic carbocycles. The molecular weight excluding hydrogens is 375 g/mol. The molecule has 9 heteroatoms. The topological polar surface area (TPSA) is 85.4 Å². The third-order valence-corrected chi connectivity index (χ3v) is 5.38. The molecule has 0 spiro atoms. The van der Waals surface area contributed by atoms with Crippen LogP contribution in [-0.4, -0.2) is 58.7 Å². The third-order valence-electron chi connectivity index (χ3n) is 5.38. The average molecular weight is 397 g/mol. The van der Waals surface area contributed by atoms with E-state index in [1.807, 2.05) is 30.5 Å². The summed E-state index contributed by atoms with van der Waals surface area (Å²) in [6.45, 7) is 1.05. The highest BCUT2D eigenvalue weighted by Crippen LogP contribution is 2.38. The maximum absolute atomic E-state index is 13.1. The lowest BCUT2D eigenvalue weighted by molar-refractivity contribution is -0.188. The van der Waals surface area contributed by atoms with Gasteiger partial charge in [-0.15, -0.1) is 0 Å². The Morgan fingerprint density at radius 3 is 2.68 bits per heavy atom. The summed E-state index contributed by atoms with van der Waals surface area (Å²) in [4.78, 5) is 28.0. The molecule has 2 heterocycles. The lowest BCUT2D eigenvalue weighted by Gasteiger charge is -2.23. The largest absolute Gasteiger partial charge is 0.481 e. The van der Waals surface area contributed by atoms with E-state index in [1.54, 1.807) is 0 Å². The van der Waals surface area contributed by atoms with Crippen LogP contribution in [0.15, 0.2) is 30.5 Å². The molecule has 1 aliphatic rings. The second-order valence-corrected chi connectivity index (χ2v) is 7.12. The first-order valence-electron chi connectivity index (χ1n) is 9.04. The van der Waals surface area contributed by atoms with Gasteiger partial charge in [0.25, 0.3) is 0 Å². The third kappa shape index (κ3) is 4.14. The summed E-state index contributed by atoms with van der Waals surface area (Å²) in [7, 11) is 0. The molecule has 0 aliphatic carbocycles. The van der Waals surface area contributed by atoms with Crippen LogP contribution in [0, 0.1) is 11.8 Å². The molecule has 1 unspecified atom stereocenters. The number of carboxylic acid groups (broad SMARTS) is 1. The van der Waals surface area contributed by atoms with Gasteiger partial charge in [0.2, 0.25) is 5.91 Å². The van der Waals surface area contributed by atoms with Gasteiger partial charge in [0.05, 0.1) is 17.9 Å². The lowest BCUT2D eigenvalue weighted by atomic mass is 9.96. The van der Waals surface area contributed by atoms with Gasteiger partial charge in [-0.1, -0.05) is 18.2 Å². The monoisotopic (exact) mass is 397 g/mol. The molecule has 0 radical (unpaired) electrons. The van der Waals surface area contributed by atoms with Crippen molar-refractivity contribution < 1.29 is 27.9 Å². The summed E-state index contributed by atoms with van der Waals surface area (Å²) >= 11 is 0. The predicted molar refractivity (Wildman–Crippen MR) is 96.7 cm³/mol. The Morgan fingerprint density at radius 1 is 1.32 bits per heavy atom. The maximum atomic E-state index is 13.1. The highest BCUT2D eigenvalue weighted by atomic mass is 19.4. The number of nitrogens with one attached hydrogen (secondary N) is 2. The number of H-pyrrole nitrogens is 1. The number of hydrogen-bond donors (Lipinski definition) is 3. The fraction of sp³-hybridized carbons (Fsp3) is 0.474. The van der Waals surface area contributed by atoms with E-state index in [-0.39, 0.29) is 6.54 Å². The van der Waals surface area contributed by atoms with Gasteiger partial charge in [-0.25, -0.2) is 0 Å². The number of aliphatic carboxylic acids is 1. The van der Waals surface area contributed by atoms with Gasteiger partial charge in [-0.05, 0) is 25.0 Å². The average Bonchev–Trinajstić information content (AvgIpc) is 3.25. The van der Waals surface area contributed by atoms with Crippen molar-refractivity contribution in [3.63, 3.8) is 0 Å². The zero-order valence-corrected chi connectivity index (χ0v) is 15.3. The lowest BCUT2D eigenvalue weighted by Crippen LogP contribution is -2.45. The van der Waals surface area contributed by atoms with E-state index in [9.17, 15) is 22.8 Å². The van der Waals surface area contributed by atoms with Crippen molar-refractivity contribution in [2.24, 2.45) is 11.8 Å². The van der Waals surface area contributed by atoms with Crippen LogP contribution in [0.5, 0.6) is 0 Å². The molecule has 1 amide bonds. The van der Waals surface area contributed by atoms with Crippen molar-refractivity contribution in [3.8, 4) is 0 Å². The van der Waals surface area contributed by atoms with E-state index in [0.29, 0.717) is 13.0 Å². The van der Waals surface area contributed by atoms with Gasteiger partial charge in [0.15, 0.2) is 0 Å². The standard InChI is InChI=1S/C19H22F3N3O3/c1-11(25-9-14(18(27)28)15(10-25)19(20,21)22)17(26)23-7-6-12-8-24-16-5-3-2-4-13(12)16/h2-5,8,11,14-15,24H,6-7,9-10H2,1H3,(H,23,26)(H,27,28)/t11?,14-,15-/m1/s1. The zero-order valence-electron chi connectivity index (χ0n) is 15.3. The number of nitrogens with zero attached hydrogens (tertiary/aromatic N) is 1. The Balaban J connectivity index is 1.56. The molecule has 3 rings (SSSR count). The summed E-state index contributed by atoms with van der Waals surface area (Å²) in [6, 6.07) is 6.92. The maximum Gasteiger partial charge on any atom is 0.393 e. The summed E-state index contributed by atoms with van der Waals surface area (Å²) in [6.07, 6.45) is -2.17.